The Morgan fingerprint density at radius 2 is 0.860 bits per heavy atom. The van der Waals surface area contributed by atoms with Crippen LogP contribution in [0, 0.1) is 0 Å². The third-order valence-corrected chi connectivity index (χ3v) is 11.2. The molecule has 0 aliphatic carbocycles. The van der Waals surface area contributed by atoms with Gasteiger partial charge < -0.3 is 8.98 Å². The molecule has 266 valence electrons. The Labute approximate surface area is 326 Å². The SMILES string of the molecule is c1ccc(-c2ccc3c4ccccc4n(-c4cccc5c4oc4cc(-c6nc(-c7ccccc7)nc(-n7c8ccccc8c8ccccc87)n6)ccc45)c3c2)cc1. The number of aromatic nitrogens is 5. The van der Waals surface area contributed by atoms with Crippen molar-refractivity contribution < 1.29 is 4.42 Å². The molecular formula is C51H31N5O. The second-order valence-corrected chi connectivity index (χ2v) is 14.4. The van der Waals surface area contributed by atoms with Crippen molar-refractivity contribution >= 4 is 65.6 Å². The molecule has 0 unspecified atom stereocenters. The van der Waals surface area contributed by atoms with Crippen molar-refractivity contribution in [1.82, 2.24) is 24.1 Å². The molecule has 0 saturated carbocycles. The molecule has 0 amide bonds. The summed E-state index contributed by atoms with van der Waals surface area (Å²) in [6, 6.07) is 65.5. The van der Waals surface area contributed by atoms with Crippen molar-refractivity contribution in [2.75, 3.05) is 0 Å². The molecule has 8 aromatic carbocycles. The Morgan fingerprint density at radius 3 is 1.54 bits per heavy atom. The quantitative estimate of drug-likeness (QED) is 0.177. The minimum Gasteiger partial charge on any atom is -0.454 e. The topological polar surface area (TPSA) is 61.7 Å². The van der Waals surface area contributed by atoms with Crippen molar-refractivity contribution in [3.05, 3.63) is 188 Å². The first-order valence-electron chi connectivity index (χ1n) is 19.1. The van der Waals surface area contributed by atoms with Gasteiger partial charge in [-0.2, -0.15) is 9.97 Å². The maximum absolute atomic E-state index is 6.92. The van der Waals surface area contributed by atoms with E-state index in [1.807, 2.05) is 30.3 Å². The number of rotatable bonds is 5. The summed E-state index contributed by atoms with van der Waals surface area (Å²) in [7, 11) is 0. The second kappa shape index (κ2) is 12.3. The van der Waals surface area contributed by atoms with Gasteiger partial charge in [0.1, 0.15) is 5.58 Å². The number of hydrogen-bond acceptors (Lipinski definition) is 4. The predicted octanol–water partition coefficient (Wildman–Crippen LogP) is 13.0. The zero-order chi connectivity index (χ0) is 37.5. The molecule has 0 radical (unpaired) electrons. The second-order valence-electron chi connectivity index (χ2n) is 14.4. The highest BCUT2D eigenvalue weighted by molar-refractivity contribution is 6.14. The standard InChI is InChI=1S/C51H31N5O/c1-3-14-32(15-4-1)34-26-28-39-38-20-7-10-22-42(38)55(46(39)30-34)45-25-13-21-41-40-29-27-35(31-47(40)57-48(41)45)50-52-49(33-16-5-2-6-17-33)53-51(54-50)56-43-23-11-8-18-36(43)37-19-9-12-24-44(37)56/h1-31H. The van der Waals surface area contributed by atoms with Crippen LogP contribution in [0.15, 0.2) is 192 Å². The summed E-state index contributed by atoms with van der Waals surface area (Å²) in [5.74, 6) is 1.73. The summed E-state index contributed by atoms with van der Waals surface area (Å²) in [6.07, 6.45) is 0. The molecule has 12 aromatic rings. The van der Waals surface area contributed by atoms with Crippen LogP contribution >= 0.6 is 0 Å². The Bertz CT molecular complexity index is 3470. The van der Waals surface area contributed by atoms with Crippen molar-refractivity contribution in [3.8, 4) is 45.5 Å². The van der Waals surface area contributed by atoms with Crippen molar-refractivity contribution in [3.63, 3.8) is 0 Å². The number of nitrogens with zero attached hydrogens (tertiary/aromatic N) is 5. The fourth-order valence-corrected chi connectivity index (χ4v) is 8.59. The highest BCUT2D eigenvalue weighted by atomic mass is 16.3. The van der Waals surface area contributed by atoms with E-state index in [4.69, 9.17) is 19.4 Å². The average Bonchev–Trinajstić information content (AvgIpc) is 3.94. The normalized spacial score (nSPS) is 11.9. The van der Waals surface area contributed by atoms with E-state index in [0.29, 0.717) is 17.6 Å². The van der Waals surface area contributed by atoms with Crippen LogP contribution < -0.4 is 0 Å². The molecular weight excluding hydrogens is 699 g/mol. The summed E-state index contributed by atoms with van der Waals surface area (Å²) in [5, 5.41) is 6.77. The maximum atomic E-state index is 6.92. The lowest BCUT2D eigenvalue weighted by atomic mass is 10.0. The van der Waals surface area contributed by atoms with Gasteiger partial charge in [0.05, 0.1) is 27.8 Å². The first-order chi connectivity index (χ1) is 28.3. The van der Waals surface area contributed by atoms with Crippen LogP contribution in [0.25, 0.3) is 111 Å². The molecule has 4 aromatic heterocycles. The van der Waals surface area contributed by atoms with Crippen LogP contribution in [-0.4, -0.2) is 24.1 Å². The van der Waals surface area contributed by atoms with Crippen LogP contribution in [0.5, 0.6) is 0 Å². The Hall–Kier alpha value is -7.83. The molecule has 0 aliphatic heterocycles. The van der Waals surface area contributed by atoms with Gasteiger partial charge in [0.25, 0.3) is 0 Å². The molecule has 0 aliphatic rings. The Kier molecular flexibility index (Phi) is 6.83. The molecule has 0 bridgehead atoms. The third kappa shape index (κ3) is 4.87. The summed E-state index contributed by atoms with van der Waals surface area (Å²) in [5.41, 5.74) is 11.0. The average molecular weight is 730 g/mol. The zero-order valence-corrected chi connectivity index (χ0v) is 30.5. The van der Waals surface area contributed by atoms with E-state index in [2.05, 4.69) is 167 Å². The smallest absolute Gasteiger partial charge is 0.238 e. The molecule has 0 fully saturated rings. The molecule has 6 heteroatoms. The van der Waals surface area contributed by atoms with Crippen molar-refractivity contribution in [2.45, 2.75) is 0 Å². The maximum Gasteiger partial charge on any atom is 0.238 e. The van der Waals surface area contributed by atoms with E-state index in [0.717, 1.165) is 71.6 Å². The van der Waals surface area contributed by atoms with Crippen LogP contribution in [0.1, 0.15) is 0 Å². The minimum absolute atomic E-state index is 0.560. The lowest BCUT2D eigenvalue weighted by Gasteiger charge is -2.10. The molecule has 12 rings (SSSR count). The molecule has 4 heterocycles. The van der Waals surface area contributed by atoms with E-state index in [9.17, 15) is 0 Å². The van der Waals surface area contributed by atoms with Crippen molar-refractivity contribution in [1.29, 1.82) is 0 Å². The Morgan fingerprint density at radius 1 is 0.333 bits per heavy atom. The number of fused-ring (bicyclic) bond motifs is 9. The van der Waals surface area contributed by atoms with Gasteiger partial charge in [-0.1, -0.05) is 146 Å². The van der Waals surface area contributed by atoms with E-state index < -0.39 is 0 Å². The van der Waals surface area contributed by atoms with E-state index in [1.54, 1.807) is 0 Å². The summed E-state index contributed by atoms with van der Waals surface area (Å²) < 4.78 is 11.4. The van der Waals surface area contributed by atoms with Crippen LogP contribution in [-0.2, 0) is 0 Å². The van der Waals surface area contributed by atoms with E-state index >= 15 is 0 Å². The van der Waals surface area contributed by atoms with Gasteiger partial charge in [-0.15, -0.1) is 0 Å². The zero-order valence-electron chi connectivity index (χ0n) is 30.5. The molecule has 0 saturated heterocycles. The molecule has 0 spiro atoms. The first kappa shape index (κ1) is 31.5. The van der Waals surface area contributed by atoms with Crippen LogP contribution in [0.4, 0.5) is 0 Å². The highest BCUT2D eigenvalue weighted by Crippen LogP contribution is 2.40. The van der Waals surface area contributed by atoms with Gasteiger partial charge in [-0.3, -0.25) is 4.57 Å². The summed E-state index contributed by atoms with van der Waals surface area (Å²) in [4.78, 5) is 15.4. The lowest BCUT2D eigenvalue weighted by Crippen LogP contribution is -2.06. The van der Waals surface area contributed by atoms with E-state index in [1.165, 1.54) is 21.9 Å². The van der Waals surface area contributed by atoms with E-state index in [-0.39, 0.29) is 0 Å². The lowest BCUT2D eigenvalue weighted by molar-refractivity contribution is 0.666. The van der Waals surface area contributed by atoms with Gasteiger partial charge in [0.2, 0.25) is 5.95 Å². The number of para-hydroxylation sites is 4. The fraction of sp³-hybridized carbons (Fsp3) is 0. The van der Waals surface area contributed by atoms with Gasteiger partial charge in [0, 0.05) is 43.4 Å². The number of furan rings is 1. The summed E-state index contributed by atoms with van der Waals surface area (Å²) >= 11 is 0. The highest BCUT2D eigenvalue weighted by Gasteiger charge is 2.21. The third-order valence-electron chi connectivity index (χ3n) is 11.2. The number of hydrogen-bond donors (Lipinski definition) is 0. The van der Waals surface area contributed by atoms with Gasteiger partial charge in [0.15, 0.2) is 17.2 Å². The summed E-state index contributed by atoms with van der Waals surface area (Å²) in [6.45, 7) is 0. The monoisotopic (exact) mass is 729 g/mol. The predicted molar refractivity (Wildman–Crippen MR) is 232 cm³/mol. The largest absolute Gasteiger partial charge is 0.454 e. The van der Waals surface area contributed by atoms with Crippen LogP contribution in [0.3, 0.4) is 0 Å². The minimum atomic E-state index is 0.560. The molecule has 57 heavy (non-hydrogen) atoms. The molecule has 6 nitrogen and oxygen atoms in total. The van der Waals surface area contributed by atoms with Gasteiger partial charge in [-0.05, 0) is 53.6 Å². The van der Waals surface area contributed by atoms with Gasteiger partial charge >= 0.3 is 0 Å². The first-order valence-corrected chi connectivity index (χ1v) is 19.1. The van der Waals surface area contributed by atoms with Gasteiger partial charge in [-0.25, -0.2) is 4.98 Å². The Balaban J connectivity index is 1.06. The van der Waals surface area contributed by atoms with Crippen LogP contribution in [0.2, 0.25) is 0 Å². The molecule has 0 N–H and O–H groups in total. The number of benzene rings is 8. The van der Waals surface area contributed by atoms with Crippen molar-refractivity contribution in [2.24, 2.45) is 0 Å². The molecule has 0 atom stereocenters. The fourth-order valence-electron chi connectivity index (χ4n) is 8.59.